The van der Waals surface area contributed by atoms with Crippen molar-refractivity contribution in [3.05, 3.63) is 66.2 Å². The highest BCUT2D eigenvalue weighted by Gasteiger charge is 2.28. The van der Waals surface area contributed by atoms with Gasteiger partial charge in [-0.05, 0) is 24.1 Å². The van der Waals surface area contributed by atoms with Gasteiger partial charge in [0.05, 0.1) is 12.5 Å². The number of urea groups is 1. The molecule has 0 radical (unpaired) electrons. The van der Waals surface area contributed by atoms with E-state index in [0.717, 1.165) is 5.56 Å². The van der Waals surface area contributed by atoms with E-state index in [-0.39, 0.29) is 19.4 Å². The van der Waals surface area contributed by atoms with Crippen molar-refractivity contribution in [1.82, 2.24) is 10.1 Å². The van der Waals surface area contributed by atoms with E-state index in [4.69, 9.17) is 5.84 Å². The highest BCUT2D eigenvalue weighted by molar-refractivity contribution is 6.01. The Morgan fingerprint density at radius 2 is 1.65 bits per heavy atom. The molecule has 8 heteroatoms. The molecule has 26 heavy (non-hydrogen) atoms. The Labute approximate surface area is 150 Å². The standard InChI is InChI=1S/C18H20N4O4/c19-22(18(25)20-16-9-5-2-6-10-16)17(24)15(12-21(26)13-23)11-14-7-3-1-4-8-14/h1-10,13,15,26H,11-12,19H2,(H,20,25). The van der Waals surface area contributed by atoms with Crippen LogP contribution in [0.2, 0.25) is 0 Å². The number of nitrogens with zero attached hydrogens (tertiary/aromatic N) is 2. The maximum atomic E-state index is 12.6. The quantitative estimate of drug-likeness (QED) is 0.229. The van der Waals surface area contributed by atoms with Crippen molar-refractivity contribution in [1.29, 1.82) is 0 Å². The van der Waals surface area contributed by atoms with Crippen molar-refractivity contribution >= 4 is 24.0 Å². The first-order chi connectivity index (χ1) is 12.5. The molecule has 0 heterocycles. The molecule has 136 valence electrons. The Morgan fingerprint density at radius 3 is 2.23 bits per heavy atom. The second-order valence-corrected chi connectivity index (χ2v) is 5.62. The van der Waals surface area contributed by atoms with Gasteiger partial charge >= 0.3 is 6.03 Å². The Balaban J connectivity index is 2.10. The molecule has 4 amide bonds. The lowest BCUT2D eigenvalue weighted by atomic mass is 9.98. The van der Waals surface area contributed by atoms with Gasteiger partial charge in [-0.2, -0.15) is 5.01 Å². The number of imide groups is 1. The van der Waals surface area contributed by atoms with Crippen LogP contribution >= 0.6 is 0 Å². The number of nitrogens with one attached hydrogen (secondary N) is 1. The van der Waals surface area contributed by atoms with Gasteiger partial charge in [0.1, 0.15) is 0 Å². The summed E-state index contributed by atoms with van der Waals surface area (Å²) in [6, 6.07) is 16.8. The number of hydroxylamine groups is 2. The molecule has 0 bridgehead atoms. The average molecular weight is 356 g/mol. The molecular formula is C18H20N4O4. The van der Waals surface area contributed by atoms with E-state index in [2.05, 4.69) is 5.32 Å². The normalized spacial score (nSPS) is 11.3. The Bertz CT molecular complexity index is 739. The van der Waals surface area contributed by atoms with Crippen molar-refractivity contribution < 1.29 is 19.6 Å². The zero-order valence-electron chi connectivity index (χ0n) is 14.0. The van der Waals surface area contributed by atoms with Crippen LogP contribution in [-0.4, -0.2) is 40.2 Å². The van der Waals surface area contributed by atoms with Crippen LogP contribution in [0.3, 0.4) is 0 Å². The van der Waals surface area contributed by atoms with E-state index in [9.17, 15) is 19.6 Å². The summed E-state index contributed by atoms with van der Waals surface area (Å²) in [5.41, 5.74) is 1.29. The number of nitrogens with two attached hydrogens (primary N) is 1. The third-order valence-electron chi connectivity index (χ3n) is 3.68. The van der Waals surface area contributed by atoms with Gasteiger partial charge < -0.3 is 5.32 Å². The van der Waals surface area contributed by atoms with Crippen molar-refractivity contribution in [2.75, 3.05) is 11.9 Å². The monoisotopic (exact) mass is 356 g/mol. The molecule has 0 saturated heterocycles. The first-order valence-corrected chi connectivity index (χ1v) is 7.90. The molecule has 4 N–H and O–H groups in total. The number of amides is 4. The number of anilines is 1. The van der Waals surface area contributed by atoms with Crippen molar-refractivity contribution in [3.8, 4) is 0 Å². The number of carbonyl (C=O) groups is 3. The number of benzene rings is 2. The molecule has 0 aromatic heterocycles. The number of rotatable bonds is 7. The molecule has 2 rings (SSSR count). The van der Waals surface area contributed by atoms with E-state index < -0.39 is 17.9 Å². The van der Waals surface area contributed by atoms with E-state index in [1.54, 1.807) is 54.6 Å². The predicted molar refractivity (Wildman–Crippen MR) is 94.7 cm³/mol. The molecule has 0 fully saturated rings. The van der Waals surface area contributed by atoms with Gasteiger partial charge in [-0.3, -0.25) is 14.8 Å². The van der Waals surface area contributed by atoms with Crippen LogP contribution in [0.5, 0.6) is 0 Å². The van der Waals surface area contributed by atoms with Crippen LogP contribution in [0.1, 0.15) is 5.56 Å². The molecule has 8 nitrogen and oxygen atoms in total. The molecule has 2 aromatic carbocycles. The van der Waals surface area contributed by atoms with Crippen molar-refractivity contribution in [2.45, 2.75) is 6.42 Å². The Kier molecular flexibility index (Phi) is 6.84. The van der Waals surface area contributed by atoms with E-state index >= 15 is 0 Å². The minimum absolute atomic E-state index is 0.191. The zero-order valence-corrected chi connectivity index (χ0v) is 14.0. The second kappa shape index (κ2) is 9.30. The molecule has 1 atom stereocenters. The highest BCUT2D eigenvalue weighted by atomic mass is 16.5. The number of carbonyl (C=O) groups excluding carboxylic acids is 3. The molecule has 1 unspecified atom stereocenters. The third-order valence-corrected chi connectivity index (χ3v) is 3.68. The number of hydrogen-bond acceptors (Lipinski definition) is 5. The van der Waals surface area contributed by atoms with Gasteiger partial charge in [-0.1, -0.05) is 48.5 Å². The number of hydrazine groups is 1. The Morgan fingerprint density at radius 1 is 1.08 bits per heavy atom. The zero-order chi connectivity index (χ0) is 18.9. The molecular weight excluding hydrogens is 336 g/mol. The van der Waals surface area contributed by atoms with Crippen molar-refractivity contribution in [3.63, 3.8) is 0 Å². The molecule has 0 aliphatic rings. The van der Waals surface area contributed by atoms with Gasteiger partial charge in [0.15, 0.2) is 0 Å². The molecule has 0 saturated carbocycles. The lowest BCUT2D eigenvalue weighted by Gasteiger charge is -2.24. The first kappa shape index (κ1) is 19.1. The maximum absolute atomic E-state index is 12.6. The van der Waals surface area contributed by atoms with Gasteiger partial charge in [0, 0.05) is 5.69 Å². The summed E-state index contributed by atoms with van der Waals surface area (Å²) in [6.07, 6.45) is 0.396. The van der Waals surface area contributed by atoms with Gasteiger partial charge in [-0.15, -0.1) is 0 Å². The van der Waals surface area contributed by atoms with Crippen LogP contribution < -0.4 is 11.2 Å². The van der Waals surface area contributed by atoms with Crippen LogP contribution in [-0.2, 0) is 16.0 Å². The summed E-state index contributed by atoms with van der Waals surface area (Å²) >= 11 is 0. The second-order valence-electron chi connectivity index (χ2n) is 5.62. The number of hydrogen-bond donors (Lipinski definition) is 3. The summed E-state index contributed by atoms with van der Waals surface area (Å²) in [6.45, 7) is -0.288. The van der Waals surface area contributed by atoms with Crippen LogP contribution in [0.15, 0.2) is 60.7 Å². The van der Waals surface area contributed by atoms with Crippen LogP contribution in [0, 0.1) is 5.92 Å². The summed E-state index contributed by atoms with van der Waals surface area (Å²) in [5, 5.41) is 12.8. The van der Waals surface area contributed by atoms with Crippen LogP contribution in [0.25, 0.3) is 0 Å². The first-order valence-electron chi connectivity index (χ1n) is 7.90. The molecule has 0 spiro atoms. The lowest BCUT2D eigenvalue weighted by Crippen LogP contribution is -2.50. The molecule has 2 aromatic rings. The van der Waals surface area contributed by atoms with E-state index in [1.165, 1.54) is 0 Å². The van der Waals surface area contributed by atoms with Crippen LogP contribution in [0.4, 0.5) is 10.5 Å². The minimum atomic E-state index is -0.890. The topological polar surface area (TPSA) is 116 Å². The molecule has 0 aliphatic heterocycles. The fraction of sp³-hybridized carbons (Fsp3) is 0.167. The summed E-state index contributed by atoms with van der Waals surface area (Å²) in [5.74, 6) is 4.05. The van der Waals surface area contributed by atoms with Gasteiger partial charge in [-0.25, -0.2) is 15.7 Å². The predicted octanol–water partition coefficient (Wildman–Crippen LogP) is 1.63. The third kappa shape index (κ3) is 5.40. The fourth-order valence-electron chi connectivity index (χ4n) is 2.40. The highest BCUT2D eigenvalue weighted by Crippen LogP contribution is 2.13. The molecule has 0 aliphatic carbocycles. The fourth-order valence-corrected chi connectivity index (χ4v) is 2.40. The Hall–Kier alpha value is -3.23. The smallest absolute Gasteiger partial charge is 0.306 e. The van der Waals surface area contributed by atoms with E-state index in [0.29, 0.717) is 15.8 Å². The minimum Gasteiger partial charge on any atom is -0.306 e. The largest absolute Gasteiger partial charge is 0.343 e. The summed E-state index contributed by atoms with van der Waals surface area (Å²) in [7, 11) is 0. The maximum Gasteiger partial charge on any atom is 0.343 e. The SMILES string of the molecule is NN(C(=O)Nc1ccccc1)C(=O)C(Cc1ccccc1)CN(O)C=O. The van der Waals surface area contributed by atoms with Gasteiger partial charge in [0.2, 0.25) is 12.3 Å². The summed E-state index contributed by atoms with van der Waals surface area (Å²) < 4.78 is 0. The number of para-hydroxylation sites is 1. The summed E-state index contributed by atoms with van der Waals surface area (Å²) in [4.78, 5) is 35.5. The average Bonchev–Trinajstić information content (AvgIpc) is 2.67. The van der Waals surface area contributed by atoms with Gasteiger partial charge in [0.25, 0.3) is 0 Å². The van der Waals surface area contributed by atoms with E-state index in [1.807, 2.05) is 6.07 Å². The van der Waals surface area contributed by atoms with Crippen molar-refractivity contribution in [2.24, 2.45) is 11.8 Å². The lowest BCUT2D eigenvalue weighted by molar-refractivity contribution is -0.155.